The molecule has 0 aliphatic rings. The van der Waals surface area contributed by atoms with Crippen LogP contribution in [0.2, 0.25) is 5.02 Å². The monoisotopic (exact) mass is 543 g/mol. The highest BCUT2D eigenvalue weighted by molar-refractivity contribution is 6.32. The first-order valence-electron chi connectivity index (χ1n) is 13.2. The Kier molecular flexibility index (Phi) is 8.18. The number of furan rings is 1. The van der Waals surface area contributed by atoms with Crippen LogP contribution in [0.4, 0.5) is 0 Å². The second-order valence-electron chi connectivity index (χ2n) is 9.50. The number of hydrogen-bond donors (Lipinski definition) is 0. The number of halogens is 1. The number of fused-ring (bicyclic) bond motifs is 3. The number of benzene rings is 3. The van der Waals surface area contributed by atoms with Crippen LogP contribution < -0.4 is 0 Å². The van der Waals surface area contributed by atoms with Crippen molar-refractivity contribution in [2.45, 2.75) is 26.2 Å². The number of nitrogens with zero attached hydrogens (tertiary/aromatic N) is 3. The molecule has 0 spiro atoms. The third-order valence-corrected chi connectivity index (χ3v) is 7.00. The lowest BCUT2D eigenvalue weighted by Gasteiger charge is -2.14. The molecule has 4 nitrogen and oxygen atoms in total. The van der Waals surface area contributed by atoms with Crippen molar-refractivity contribution in [2.75, 3.05) is 0 Å². The molecular formula is C35H30ClN3O. The average Bonchev–Trinajstić information content (AvgIpc) is 3.35. The van der Waals surface area contributed by atoms with E-state index >= 15 is 0 Å². The van der Waals surface area contributed by atoms with Gasteiger partial charge in [-0.3, -0.25) is 0 Å². The minimum Gasteiger partial charge on any atom is -0.456 e. The first-order chi connectivity index (χ1) is 19.5. The molecule has 0 saturated heterocycles. The Morgan fingerprint density at radius 3 is 2.58 bits per heavy atom. The van der Waals surface area contributed by atoms with Gasteiger partial charge >= 0.3 is 0 Å². The summed E-state index contributed by atoms with van der Waals surface area (Å²) < 4.78 is 6.13. The van der Waals surface area contributed by atoms with Gasteiger partial charge in [0.25, 0.3) is 0 Å². The van der Waals surface area contributed by atoms with E-state index in [1.165, 1.54) is 11.1 Å². The van der Waals surface area contributed by atoms with Crippen molar-refractivity contribution in [3.05, 3.63) is 139 Å². The third kappa shape index (κ3) is 5.73. The van der Waals surface area contributed by atoms with E-state index in [0.29, 0.717) is 34.5 Å². The van der Waals surface area contributed by atoms with Crippen LogP contribution in [-0.2, 0) is 0 Å². The molecular weight excluding hydrogens is 514 g/mol. The van der Waals surface area contributed by atoms with Crippen molar-refractivity contribution >= 4 is 44.7 Å². The van der Waals surface area contributed by atoms with Crippen molar-refractivity contribution in [1.82, 2.24) is 15.0 Å². The van der Waals surface area contributed by atoms with Gasteiger partial charge in [-0.1, -0.05) is 97.1 Å². The minimum atomic E-state index is -0.124. The Bertz CT molecular complexity index is 1790. The molecule has 0 fully saturated rings. The van der Waals surface area contributed by atoms with Gasteiger partial charge in [0.1, 0.15) is 17.0 Å². The molecule has 5 rings (SSSR count). The lowest BCUT2D eigenvalue weighted by molar-refractivity contribution is 0.669. The van der Waals surface area contributed by atoms with Crippen LogP contribution >= 0.6 is 11.6 Å². The highest BCUT2D eigenvalue weighted by Crippen LogP contribution is 2.37. The van der Waals surface area contributed by atoms with Crippen molar-refractivity contribution in [3.63, 3.8) is 0 Å². The Morgan fingerprint density at radius 2 is 1.80 bits per heavy atom. The maximum Gasteiger partial charge on any atom is 0.164 e. The third-order valence-electron chi connectivity index (χ3n) is 6.76. The van der Waals surface area contributed by atoms with E-state index in [0.717, 1.165) is 27.5 Å². The molecule has 3 aromatic carbocycles. The van der Waals surface area contributed by atoms with E-state index < -0.39 is 0 Å². The van der Waals surface area contributed by atoms with Crippen molar-refractivity contribution in [2.24, 2.45) is 0 Å². The highest BCUT2D eigenvalue weighted by Gasteiger charge is 2.19. The van der Waals surface area contributed by atoms with Crippen LogP contribution in [0.1, 0.15) is 43.4 Å². The van der Waals surface area contributed by atoms with E-state index in [1.54, 1.807) is 0 Å². The Labute approximate surface area is 239 Å². The number of allylic oxidation sites excluding steroid dienone is 8. The fraction of sp³-hybridized carbons (Fsp3) is 0.114. The number of hydrogen-bond acceptors (Lipinski definition) is 4. The summed E-state index contributed by atoms with van der Waals surface area (Å²) in [4.78, 5) is 14.7. The molecule has 0 N–H and O–H groups in total. The van der Waals surface area contributed by atoms with E-state index in [2.05, 4.69) is 38.3 Å². The summed E-state index contributed by atoms with van der Waals surface area (Å²) >= 11 is 6.37. The van der Waals surface area contributed by atoms with Gasteiger partial charge < -0.3 is 4.42 Å². The van der Waals surface area contributed by atoms with Gasteiger partial charge in [-0.15, -0.1) is 6.58 Å². The maximum atomic E-state index is 6.37. The number of aromatic nitrogens is 3. The summed E-state index contributed by atoms with van der Waals surface area (Å²) in [7, 11) is 0. The summed E-state index contributed by atoms with van der Waals surface area (Å²) in [6.45, 7) is 12.4. The smallest absolute Gasteiger partial charge is 0.164 e. The zero-order chi connectivity index (χ0) is 28.1. The molecule has 2 aromatic heterocycles. The Morgan fingerprint density at radius 1 is 0.975 bits per heavy atom. The summed E-state index contributed by atoms with van der Waals surface area (Å²) in [6.07, 6.45) is 12.5. The fourth-order valence-electron chi connectivity index (χ4n) is 4.59. The van der Waals surface area contributed by atoms with Crippen LogP contribution in [-0.4, -0.2) is 15.0 Å². The summed E-state index contributed by atoms with van der Waals surface area (Å²) in [6, 6.07) is 21.8. The van der Waals surface area contributed by atoms with E-state index in [-0.39, 0.29) is 5.92 Å². The molecule has 0 radical (unpaired) electrons. The first kappa shape index (κ1) is 27.0. The average molecular weight is 544 g/mol. The Hall–Kier alpha value is -4.54. The molecule has 40 heavy (non-hydrogen) atoms. The van der Waals surface area contributed by atoms with Gasteiger partial charge in [-0.2, -0.15) is 0 Å². The zero-order valence-electron chi connectivity index (χ0n) is 22.6. The second-order valence-corrected chi connectivity index (χ2v) is 9.94. The molecule has 0 aliphatic carbocycles. The van der Waals surface area contributed by atoms with E-state index in [1.807, 2.05) is 91.9 Å². The first-order valence-corrected chi connectivity index (χ1v) is 13.6. The van der Waals surface area contributed by atoms with Crippen LogP contribution in [0.3, 0.4) is 0 Å². The molecule has 0 amide bonds. The minimum absolute atomic E-state index is 0.124. The molecule has 0 saturated carbocycles. The van der Waals surface area contributed by atoms with Crippen LogP contribution in [0.5, 0.6) is 0 Å². The molecule has 0 bridgehead atoms. The molecule has 5 aromatic rings. The molecule has 5 heteroatoms. The van der Waals surface area contributed by atoms with Crippen molar-refractivity contribution < 1.29 is 4.42 Å². The fourth-order valence-corrected chi connectivity index (χ4v) is 4.77. The lowest BCUT2D eigenvalue weighted by atomic mass is 9.99. The van der Waals surface area contributed by atoms with Gasteiger partial charge in [0.15, 0.2) is 11.6 Å². The number of rotatable bonds is 9. The zero-order valence-corrected chi connectivity index (χ0v) is 23.4. The largest absolute Gasteiger partial charge is 0.456 e. The molecule has 1 unspecified atom stereocenters. The highest BCUT2D eigenvalue weighted by atomic mass is 35.5. The molecule has 0 aliphatic heterocycles. The normalized spacial score (nSPS) is 13.0. The van der Waals surface area contributed by atoms with Crippen LogP contribution in [0.25, 0.3) is 44.5 Å². The second kappa shape index (κ2) is 12.1. The standard InChI is InChI=1S/C35H30ClN3O/c1-5-7-9-13-24(4)33-37-34(25(6-2)19-18-23(3)26-14-10-8-11-15-26)39-35(38-33)28-16-12-17-31-32(28)29-22-27(36)20-21-30(29)40-31/h5-18,20-22,25H,2,4,19H2,1,3H3/b7-5-,13-9-,23-18+. The van der Waals surface area contributed by atoms with Gasteiger partial charge in [0.05, 0.1) is 0 Å². The van der Waals surface area contributed by atoms with E-state index in [9.17, 15) is 0 Å². The molecule has 2 heterocycles. The maximum absolute atomic E-state index is 6.37. The predicted octanol–water partition coefficient (Wildman–Crippen LogP) is 10.0. The summed E-state index contributed by atoms with van der Waals surface area (Å²) in [5.74, 6) is 1.57. The summed E-state index contributed by atoms with van der Waals surface area (Å²) in [5, 5.41) is 2.46. The van der Waals surface area contributed by atoms with Gasteiger partial charge in [0.2, 0.25) is 0 Å². The van der Waals surface area contributed by atoms with Crippen LogP contribution in [0.15, 0.2) is 121 Å². The van der Waals surface area contributed by atoms with E-state index in [4.69, 9.17) is 31.0 Å². The van der Waals surface area contributed by atoms with Crippen molar-refractivity contribution in [1.29, 1.82) is 0 Å². The summed E-state index contributed by atoms with van der Waals surface area (Å²) in [5.41, 5.74) is 5.40. The predicted molar refractivity (Wildman–Crippen MR) is 168 cm³/mol. The van der Waals surface area contributed by atoms with Crippen LogP contribution in [0, 0.1) is 0 Å². The molecule has 198 valence electrons. The Balaban J connectivity index is 1.64. The van der Waals surface area contributed by atoms with Gasteiger partial charge in [0, 0.05) is 32.8 Å². The molecule has 1 atom stereocenters. The van der Waals surface area contributed by atoms with Crippen molar-refractivity contribution in [3.8, 4) is 11.4 Å². The quantitative estimate of drug-likeness (QED) is 0.137. The SMILES string of the molecule is C=CC(C/C=C(\C)c1ccccc1)c1nc(C(=C)/C=C\C=C/C)nc(-c2cccc3oc4ccc(Cl)cc4c23)n1. The van der Waals surface area contributed by atoms with Gasteiger partial charge in [-0.05, 0) is 55.7 Å². The lowest BCUT2D eigenvalue weighted by Crippen LogP contribution is -2.08. The van der Waals surface area contributed by atoms with Gasteiger partial charge in [-0.25, -0.2) is 15.0 Å². The topological polar surface area (TPSA) is 51.8 Å².